The number of hydrogen-bond donors (Lipinski definition) is 1. The molecular weight excluding hydrogens is 424 g/mol. The molecule has 0 saturated carbocycles. The summed E-state index contributed by atoms with van der Waals surface area (Å²) in [4.78, 5) is 27.5. The third-order valence-electron chi connectivity index (χ3n) is 5.92. The number of aromatic nitrogens is 2. The van der Waals surface area contributed by atoms with Gasteiger partial charge in [0.15, 0.2) is 0 Å². The lowest BCUT2D eigenvalue weighted by molar-refractivity contribution is -0.122. The monoisotopic (exact) mass is 448 g/mol. The molecule has 2 amide bonds. The Bertz CT molecular complexity index is 1190. The largest absolute Gasteiger partial charge is 0.497 e. The zero-order chi connectivity index (χ0) is 22.2. The Morgan fingerprint density at radius 2 is 1.97 bits per heavy atom. The highest BCUT2D eigenvalue weighted by Crippen LogP contribution is 2.37. The first-order chi connectivity index (χ1) is 15.5. The molecule has 3 aromatic rings. The van der Waals surface area contributed by atoms with Crippen LogP contribution in [0.1, 0.15) is 23.2 Å². The van der Waals surface area contributed by atoms with E-state index in [1.807, 2.05) is 54.1 Å². The van der Waals surface area contributed by atoms with Crippen LogP contribution >= 0.6 is 11.8 Å². The number of nitrogens with zero attached hydrogens (tertiary/aromatic N) is 3. The predicted octanol–water partition coefficient (Wildman–Crippen LogP) is 3.93. The van der Waals surface area contributed by atoms with Gasteiger partial charge in [-0.2, -0.15) is 16.9 Å². The highest BCUT2D eigenvalue weighted by molar-refractivity contribution is 7.98. The lowest BCUT2D eigenvalue weighted by Gasteiger charge is -2.17. The van der Waals surface area contributed by atoms with Crippen molar-refractivity contribution in [3.8, 4) is 11.4 Å². The molecule has 1 saturated heterocycles. The molecule has 8 heteroatoms. The summed E-state index contributed by atoms with van der Waals surface area (Å²) in [6, 6.07) is 15.4. The summed E-state index contributed by atoms with van der Waals surface area (Å²) >= 11 is 1.79. The van der Waals surface area contributed by atoms with Crippen LogP contribution < -0.4 is 15.0 Å². The standard InChI is InChI=1S/C24H24N4O3S/c1-15-4-3-5-18(10-15)28-23(20-13-32-14-21(20)26-28)25-24(30)16-11-22(29)27(12-16)17-6-8-19(31-2)9-7-17/h3-10,16H,11-14H2,1-2H3,(H,25,30). The van der Waals surface area contributed by atoms with Crippen LogP contribution in [0.15, 0.2) is 48.5 Å². The summed E-state index contributed by atoms with van der Waals surface area (Å²) < 4.78 is 7.02. The summed E-state index contributed by atoms with van der Waals surface area (Å²) in [6.07, 6.45) is 0.188. The quantitative estimate of drug-likeness (QED) is 0.640. The third kappa shape index (κ3) is 3.75. The fourth-order valence-electron chi connectivity index (χ4n) is 4.20. The number of nitrogens with one attached hydrogen (secondary N) is 1. The van der Waals surface area contributed by atoms with E-state index in [0.29, 0.717) is 6.54 Å². The van der Waals surface area contributed by atoms with Gasteiger partial charge in [0, 0.05) is 35.7 Å². The summed E-state index contributed by atoms with van der Waals surface area (Å²) in [5.41, 5.74) is 4.90. The number of amides is 2. The number of carbonyl (C=O) groups is 2. The minimum absolute atomic E-state index is 0.0525. The highest BCUT2D eigenvalue weighted by atomic mass is 32.2. The van der Waals surface area contributed by atoms with Crippen LogP contribution in [0.4, 0.5) is 11.5 Å². The predicted molar refractivity (Wildman–Crippen MR) is 125 cm³/mol. The molecule has 32 heavy (non-hydrogen) atoms. The van der Waals surface area contributed by atoms with Crippen LogP contribution in [0, 0.1) is 12.8 Å². The molecule has 5 rings (SSSR count). The first kappa shape index (κ1) is 20.6. The molecule has 1 atom stereocenters. The number of fused-ring (bicyclic) bond motifs is 1. The fraction of sp³-hybridized carbons (Fsp3) is 0.292. The Morgan fingerprint density at radius 3 is 2.72 bits per heavy atom. The molecule has 1 unspecified atom stereocenters. The minimum Gasteiger partial charge on any atom is -0.497 e. The SMILES string of the molecule is COc1ccc(N2CC(C(=O)Nc3c4c(nn3-c3cccc(C)c3)CSC4)CC2=O)cc1. The third-order valence-corrected chi connectivity index (χ3v) is 6.89. The van der Waals surface area contributed by atoms with E-state index in [1.165, 1.54) is 0 Å². The molecule has 3 heterocycles. The number of methoxy groups -OCH3 is 1. The van der Waals surface area contributed by atoms with E-state index in [1.54, 1.807) is 23.8 Å². The number of rotatable bonds is 5. The smallest absolute Gasteiger partial charge is 0.230 e. The fourth-order valence-corrected chi connectivity index (χ4v) is 5.24. The number of aryl methyl sites for hydroxylation is 1. The van der Waals surface area contributed by atoms with Gasteiger partial charge < -0.3 is 15.0 Å². The maximum absolute atomic E-state index is 13.2. The van der Waals surface area contributed by atoms with Crippen molar-refractivity contribution in [3.63, 3.8) is 0 Å². The molecule has 2 aliphatic heterocycles. The van der Waals surface area contributed by atoms with Gasteiger partial charge in [-0.15, -0.1) is 0 Å². The first-order valence-corrected chi connectivity index (χ1v) is 11.7. The molecule has 1 N–H and O–H groups in total. The maximum atomic E-state index is 13.2. The summed E-state index contributed by atoms with van der Waals surface area (Å²) in [5.74, 6) is 2.48. The summed E-state index contributed by atoms with van der Waals surface area (Å²) in [5, 5.41) is 7.88. The van der Waals surface area contributed by atoms with Crippen LogP contribution in [0.3, 0.4) is 0 Å². The number of hydrogen-bond acceptors (Lipinski definition) is 5. The van der Waals surface area contributed by atoms with E-state index >= 15 is 0 Å². The lowest BCUT2D eigenvalue weighted by atomic mass is 10.1. The van der Waals surface area contributed by atoms with E-state index in [0.717, 1.165) is 51.3 Å². The van der Waals surface area contributed by atoms with Gasteiger partial charge in [-0.25, -0.2) is 4.68 Å². The molecule has 164 valence electrons. The van der Waals surface area contributed by atoms with Gasteiger partial charge in [-0.05, 0) is 48.9 Å². The number of thioether (sulfide) groups is 1. The van der Waals surface area contributed by atoms with Crippen molar-refractivity contribution in [2.45, 2.75) is 24.9 Å². The van der Waals surface area contributed by atoms with Crippen LogP contribution in [-0.2, 0) is 21.1 Å². The Hall–Kier alpha value is -3.26. The van der Waals surface area contributed by atoms with Crippen molar-refractivity contribution < 1.29 is 14.3 Å². The van der Waals surface area contributed by atoms with Gasteiger partial charge in [0.1, 0.15) is 11.6 Å². The van der Waals surface area contributed by atoms with E-state index in [-0.39, 0.29) is 18.2 Å². The first-order valence-electron chi connectivity index (χ1n) is 10.5. The van der Waals surface area contributed by atoms with Crippen molar-refractivity contribution in [3.05, 3.63) is 65.4 Å². The molecule has 1 aromatic heterocycles. The Labute approximate surface area is 190 Å². The molecule has 2 aliphatic rings. The van der Waals surface area contributed by atoms with Crippen LogP contribution in [-0.4, -0.2) is 35.2 Å². The van der Waals surface area contributed by atoms with Crippen LogP contribution in [0.25, 0.3) is 5.69 Å². The van der Waals surface area contributed by atoms with E-state index in [2.05, 4.69) is 11.4 Å². The summed E-state index contributed by atoms with van der Waals surface area (Å²) in [7, 11) is 1.60. The number of benzene rings is 2. The average Bonchev–Trinajstić information content (AvgIpc) is 3.50. The second kappa shape index (κ2) is 8.35. The van der Waals surface area contributed by atoms with Crippen LogP contribution in [0.5, 0.6) is 5.75 Å². The normalized spacial score (nSPS) is 17.5. The van der Waals surface area contributed by atoms with Gasteiger partial charge >= 0.3 is 0 Å². The topological polar surface area (TPSA) is 76.5 Å². The minimum atomic E-state index is -0.421. The Morgan fingerprint density at radius 1 is 1.16 bits per heavy atom. The van der Waals surface area contributed by atoms with Gasteiger partial charge in [0.05, 0.1) is 24.4 Å². The number of anilines is 2. The number of ether oxygens (including phenoxy) is 1. The Kier molecular flexibility index (Phi) is 5.38. The van der Waals surface area contributed by atoms with E-state index in [4.69, 9.17) is 9.84 Å². The van der Waals surface area contributed by atoms with Crippen molar-refractivity contribution in [2.24, 2.45) is 5.92 Å². The maximum Gasteiger partial charge on any atom is 0.230 e. The molecule has 1 fully saturated rings. The van der Waals surface area contributed by atoms with Gasteiger partial charge in [0.2, 0.25) is 11.8 Å². The summed E-state index contributed by atoms with van der Waals surface area (Å²) in [6.45, 7) is 2.39. The lowest BCUT2D eigenvalue weighted by Crippen LogP contribution is -2.28. The Balaban J connectivity index is 1.38. The number of carbonyl (C=O) groups excluding carboxylic acids is 2. The molecule has 7 nitrogen and oxygen atoms in total. The van der Waals surface area contributed by atoms with Gasteiger partial charge in [0.25, 0.3) is 0 Å². The average molecular weight is 449 g/mol. The van der Waals surface area contributed by atoms with Crippen LogP contribution in [0.2, 0.25) is 0 Å². The highest BCUT2D eigenvalue weighted by Gasteiger charge is 2.36. The molecule has 0 radical (unpaired) electrons. The van der Waals surface area contributed by atoms with Crippen molar-refractivity contribution in [2.75, 3.05) is 23.9 Å². The van der Waals surface area contributed by atoms with E-state index < -0.39 is 5.92 Å². The van der Waals surface area contributed by atoms with Crippen molar-refractivity contribution in [1.82, 2.24) is 9.78 Å². The second-order valence-electron chi connectivity index (χ2n) is 8.11. The molecule has 0 aliphatic carbocycles. The molecule has 0 bridgehead atoms. The van der Waals surface area contributed by atoms with Crippen molar-refractivity contribution in [1.29, 1.82) is 0 Å². The molecular formula is C24H24N4O3S. The zero-order valence-electron chi connectivity index (χ0n) is 18.0. The molecule has 2 aromatic carbocycles. The van der Waals surface area contributed by atoms with Crippen molar-refractivity contribution >= 4 is 35.1 Å². The van der Waals surface area contributed by atoms with E-state index in [9.17, 15) is 9.59 Å². The van der Waals surface area contributed by atoms with Gasteiger partial charge in [-0.3, -0.25) is 9.59 Å². The second-order valence-corrected chi connectivity index (χ2v) is 9.10. The zero-order valence-corrected chi connectivity index (χ0v) is 18.8. The molecule has 0 spiro atoms. The van der Waals surface area contributed by atoms with Gasteiger partial charge in [-0.1, -0.05) is 12.1 Å².